The highest BCUT2D eigenvalue weighted by Crippen LogP contribution is 2.37. The Morgan fingerprint density at radius 3 is 2.93 bits per heavy atom. The highest BCUT2D eigenvalue weighted by Gasteiger charge is 2.31. The molecule has 1 fully saturated rings. The van der Waals surface area contributed by atoms with Crippen LogP contribution in [-0.2, 0) is 0 Å². The second kappa shape index (κ2) is 4.22. The highest BCUT2D eigenvalue weighted by molar-refractivity contribution is 7.09. The van der Waals surface area contributed by atoms with Gasteiger partial charge in [-0.2, -0.15) is 0 Å². The molecule has 1 aliphatic carbocycles. The fourth-order valence-electron chi connectivity index (χ4n) is 2.45. The maximum atomic E-state index is 4.35. The number of hydrogen-bond acceptors (Lipinski definition) is 3. The average molecular weight is 224 g/mol. The summed E-state index contributed by atoms with van der Waals surface area (Å²) in [7, 11) is 0. The SMILES string of the molecule is CC(NC1CCC(C)(C)C1)c1nccs1. The van der Waals surface area contributed by atoms with Crippen LogP contribution in [0.15, 0.2) is 11.6 Å². The lowest BCUT2D eigenvalue weighted by Gasteiger charge is -2.20. The van der Waals surface area contributed by atoms with Crippen LogP contribution in [0.3, 0.4) is 0 Å². The van der Waals surface area contributed by atoms with Gasteiger partial charge in [0.15, 0.2) is 0 Å². The van der Waals surface area contributed by atoms with Crippen LogP contribution in [0.25, 0.3) is 0 Å². The zero-order chi connectivity index (χ0) is 10.9. The molecule has 0 saturated heterocycles. The van der Waals surface area contributed by atoms with Gasteiger partial charge in [-0.3, -0.25) is 0 Å². The number of hydrogen-bond donors (Lipinski definition) is 1. The first-order valence-corrected chi connectivity index (χ1v) is 6.60. The molecule has 1 heterocycles. The van der Waals surface area contributed by atoms with E-state index in [1.54, 1.807) is 11.3 Å². The topological polar surface area (TPSA) is 24.9 Å². The third kappa shape index (κ3) is 2.79. The maximum Gasteiger partial charge on any atom is 0.109 e. The molecule has 0 aliphatic heterocycles. The van der Waals surface area contributed by atoms with E-state index >= 15 is 0 Å². The lowest BCUT2D eigenvalue weighted by molar-refractivity contribution is 0.356. The summed E-state index contributed by atoms with van der Waals surface area (Å²) in [5.41, 5.74) is 0.528. The molecule has 0 radical (unpaired) electrons. The Bertz CT molecular complexity index is 305. The molecule has 2 atom stereocenters. The molecule has 2 unspecified atom stereocenters. The summed E-state index contributed by atoms with van der Waals surface area (Å²) in [6.45, 7) is 6.94. The second-order valence-electron chi connectivity index (χ2n) is 5.36. The van der Waals surface area contributed by atoms with Crippen LogP contribution in [0.5, 0.6) is 0 Å². The van der Waals surface area contributed by atoms with E-state index in [9.17, 15) is 0 Å². The van der Waals surface area contributed by atoms with Crippen molar-refractivity contribution in [3.05, 3.63) is 16.6 Å². The molecular formula is C12H20N2S. The largest absolute Gasteiger partial charge is 0.305 e. The molecule has 0 bridgehead atoms. The van der Waals surface area contributed by atoms with Crippen molar-refractivity contribution in [2.75, 3.05) is 0 Å². The predicted octanol–water partition coefficient (Wildman–Crippen LogP) is 3.37. The first-order chi connectivity index (χ1) is 7.07. The molecule has 3 heteroatoms. The first kappa shape index (κ1) is 11.1. The Morgan fingerprint density at radius 1 is 1.60 bits per heavy atom. The van der Waals surface area contributed by atoms with Gasteiger partial charge in [-0.05, 0) is 31.6 Å². The molecule has 0 amide bonds. The summed E-state index contributed by atoms with van der Waals surface area (Å²) in [5.74, 6) is 0. The van der Waals surface area contributed by atoms with Crippen LogP contribution < -0.4 is 5.32 Å². The van der Waals surface area contributed by atoms with Crippen molar-refractivity contribution in [1.29, 1.82) is 0 Å². The van der Waals surface area contributed by atoms with Crippen LogP contribution in [-0.4, -0.2) is 11.0 Å². The summed E-state index contributed by atoms with van der Waals surface area (Å²) in [6, 6.07) is 1.09. The summed E-state index contributed by atoms with van der Waals surface area (Å²) in [4.78, 5) is 4.35. The minimum Gasteiger partial charge on any atom is -0.305 e. The van der Waals surface area contributed by atoms with Crippen molar-refractivity contribution < 1.29 is 0 Å². The van der Waals surface area contributed by atoms with Gasteiger partial charge >= 0.3 is 0 Å². The van der Waals surface area contributed by atoms with Crippen LogP contribution in [0.4, 0.5) is 0 Å². The standard InChI is InChI=1S/C12H20N2S/c1-9(11-13-6-7-15-11)14-10-4-5-12(2,3)8-10/h6-7,9-10,14H,4-5,8H2,1-3H3. The molecule has 0 spiro atoms. The summed E-state index contributed by atoms with van der Waals surface area (Å²) >= 11 is 1.74. The van der Waals surface area contributed by atoms with Crippen molar-refractivity contribution in [3.8, 4) is 0 Å². The third-order valence-corrected chi connectivity index (χ3v) is 4.23. The molecule has 0 aromatic carbocycles. The van der Waals surface area contributed by atoms with E-state index in [0.717, 1.165) is 0 Å². The van der Waals surface area contributed by atoms with Crippen LogP contribution in [0.1, 0.15) is 51.1 Å². The zero-order valence-corrected chi connectivity index (χ0v) is 10.6. The van der Waals surface area contributed by atoms with Gasteiger partial charge < -0.3 is 5.32 Å². The molecule has 1 aliphatic rings. The van der Waals surface area contributed by atoms with E-state index in [1.165, 1.54) is 24.3 Å². The van der Waals surface area contributed by atoms with Gasteiger partial charge in [0.1, 0.15) is 5.01 Å². The zero-order valence-electron chi connectivity index (χ0n) is 9.79. The van der Waals surface area contributed by atoms with E-state index in [1.807, 2.05) is 11.6 Å². The van der Waals surface area contributed by atoms with Gasteiger partial charge in [-0.1, -0.05) is 13.8 Å². The minimum absolute atomic E-state index is 0.406. The minimum atomic E-state index is 0.406. The lowest BCUT2D eigenvalue weighted by Crippen LogP contribution is -2.29. The molecule has 2 nitrogen and oxygen atoms in total. The average Bonchev–Trinajstić information content (AvgIpc) is 2.74. The smallest absolute Gasteiger partial charge is 0.109 e. The fraction of sp³-hybridized carbons (Fsp3) is 0.750. The first-order valence-electron chi connectivity index (χ1n) is 5.72. The van der Waals surface area contributed by atoms with Crippen LogP contribution in [0, 0.1) is 5.41 Å². The van der Waals surface area contributed by atoms with Crippen molar-refractivity contribution in [3.63, 3.8) is 0 Å². The molecule has 1 saturated carbocycles. The van der Waals surface area contributed by atoms with Gasteiger partial charge in [-0.25, -0.2) is 4.98 Å². The molecule has 2 rings (SSSR count). The Hall–Kier alpha value is -0.410. The Balaban J connectivity index is 1.88. The van der Waals surface area contributed by atoms with Gasteiger partial charge in [0, 0.05) is 17.6 Å². The van der Waals surface area contributed by atoms with E-state index < -0.39 is 0 Å². The third-order valence-electron chi connectivity index (χ3n) is 3.28. The fourth-order valence-corrected chi connectivity index (χ4v) is 3.11. The number of nitrogens with one attached hydrogen (secondary N) is 1. The number of aromatic nitrogens is 1. The number of thiazole rings is 1. The lowest BCUT2D eigenvalue weighted by atomic mass is 9.92. The number of rotatable bonds is 3. The van der Waals surface area contributed by atoms with E-state index in [2.05, 4.69) is 31.1 Å². The molecule has 1 N–H and O–H groups in total. The molecule has 1 aromatic rings. The molecule has 15 heavy (non-hydrogen) atoms. The van der Waals surface area contributed by atoms with Crippen molar-refractivity contribution in [1.82, 2.24) is 10.3 Å². The second-order valence-corrected chi connectivity index (χ2v) is 6.29. The summed E-state index contributed by atoms with van der Waals surface area (Å²) in [5, 5.41) is 6.94. The van der Waals surface area contributed by atoms with Crippen LogP contribution >= 0.6 is 11.3 Å². The quantitative estimate of drug-likeness (QED) is 0.851. The van der Waals surface area contributed by atoms with Crippen molar-refractivity contribution in [2.24, 2.45) is 5.41 Å². The van der Waals surface area contributed by atoms with Crippen molar-refractivity contribution in [2.45, 2.75) is 52.1 Å². The van der Waals surface area contributed by atoms with Gasteiger partial charge in [0.05, 0.1) is 6.04 Å². The summed E-state index contributed by atoms with van der Waals surface area (Å²) < 4.78 is 0. The highest BCUT2D eigenvalue weighted by atomic mass is 32.1. The molecule has 84 valence electrons. The number of nitrogens with zero attached hydrogens (tertiary/aromatic N) is 1. The molecule has 1 aromatic heterocycles. The van der Waals surface area contributed by atoms with Gasteiger partial charge in [0.25, 0.3) is 0 Å². The maximum absolute atomic E-state index is 4.35. The summed E-state index contributed by atoms with van der Waals surface area (Å²) in [6.07, 6.45) is 5.83. The Labute approximate surface area is 96.1 Å². The van der Waals surface area contributed by atoms with E-state index in [-0.39, 0.29) is 0 Å². The molecular weight excluding hydrogens is 204 g/mol. The Kier molecular flexibility index (Phi) is 3.12. The Morgan fingerprint density at radius 2 is 2.40 bits per heavy atom. The van der Waals surface area contributed by atoms with Gasteiger partial charge in [-0.15, -0.1) is 11.3 Å². The van der Waals surface area contributed by atoms with E-state index in [0.29, 0.717) is 17.5 Å². The van der Waals surface area contributed by atoms with Crippen LogP contribution in [0.2, 0.25) is 0 Å². The predicted molar refractivity (Wildman–Crippen MR) is 65.1 cm³/mol. The normalized spacial score (nSPS) is 26.7. The monoisotopic (exact) mass is 224 g/mol. The van der Waals surface area contributed by atoms with Gasteiger partial charge in [0.2, 0.25) is 0 Å². The van der Waals surface area contributed by atoms with E-state index in [4.69, 9.17) is 0 Å². The van der Waals surface area contributed by atoms with Crippen molar-refractivity contribution >= 4 is 11.3 Å².